The van der Waals surface area contributed by atoms with E-state index in [1.165, 1.54) is 0 Å². The SMILES string of the molecule is CCC1O[C@@H](OCC(O)C(O)CO)C(C)[C@@H](C)[C@H]1C. The molecule has 0 spiro atoms. The maximum absolute atomic E-state index is 9.59. The zero-order valence-electron chi connectivity index (χ0n) is 12.3. The Bertz CT molecular complexity index is 258. The third-order valence-electron chi connectivity index (χ3n) is 4.45. The zero-order chi connectivity index (χ0) is 14.6. The van der Waals surface area contributed by atoms with E-state index < -0.39 is 18.8 Å². The first kappa shape index (κ1) is 16.9. The van der Waals surface area contributed by atoms with E-state index in [0.29, 0.717) is 11.8 Å². The van der Waals surface area contributed by atoms with Crippen molar-refractivity contribution in [1.29, 1.82) is 0 Å². The van der Waals surface area contributed by atoms with Crippen LogP contribution in [0.25, 0.3) is 0 Å². The molecule has 0 bridgehead atoms. The summed E-state index contributed by atoms with van der Waals surface area (Å²) in [6.07, 6.45) is -1.53. The second-order valence-corrected chi connectivity index (χ2v) is 5.68. The Balaban J connectivity index is 2.52. The van der Waals surface area contributed by atoms with E-state index in [-0.39, 0.29) is 24.9 Å². The normalized spacial score (nSPS) is 39.0. The molecule has 1 saturated heterocycles. The third-order valence-corrected chi connectivity index (χ3v) is 4.45. The van der Waals surface area contributed by atoms with Crippen LogP contribution in [0.3, 0.4) is 0 Å². The van der Waals surface area contributed by atoms with Crippen molar-refractivity contribution in [1.82, 2.24) is 0 Å². The Morgan fingerprint density at radius 1 is 1.05 bits per heavy atom. The van der Waals surface area contributed by atoms with Crippen molar-refractivity contribution in [2.75, 3.05) is 13.2 Å². The molecule has 0 saturated carbocycles. The summed E-state index contributed by atoms with van der Waals surface area (Å²) >= 11 is 0. The highest BCUT2D eigenvalue weighted by atomic mass is 16.7. The molecule has 4 unspecified atom stereocenters. The summed E-state index contributed by atoms with van der Waals surface area (Å²) in [5.74, 6) is 1.19. The van der Waals surface area contributed by atoms with Gasteiger partial charge in [-0.05, 0) is 18.3 Å². The highest BCUT2D eigenvalue weighted by molar-refractivity contribution is 4.82. The summed E-state index contributed by atoms with van der Waals surface area (Å²) in [7, 11) is 0. The van der Waals surface area contributed by atoms with Crippen molar-refractivity contribution in [2.45, 2.75) is 58.7 Å². The average Bonchev–Trinajstić information content (AvgIpc) is 2.42. The van der Waals surface area contributed by atoms with Gasteiger partial charge in [-0.25, -0.2) is 0 Å². The van der Waals surface area contributed by atoms with Gasteiger partial charge in [0, 0.05) is 5.92 Å². The monoisotopic (exact) mass is 276 g/mol. The second kappa shape index (κ2) is 7.55. The molecule has 1 aliphatic heterocycles. The van der Waals surface area contributed by atoms with Gasteiger partial charge in [0.2, 0.25) is 0 Å². The molecule has 7 atom stereocenters. The summed E-state index contributed by atoms with van der Waals surface area (Å²) in [6, 6.07) is 0. The minimum atomic E-state index is -1.17. The van der Waals surface area contributed by atoms with Crippen LogP contribution in [0.1, 0.15) is 34.1 Å². The topological polar surface area (TPSA) is 79.2 Å². The zero-order valence-corrected chi connectivity index (χ0v) is 12.3. The number of ether oxygens (including phenoxy) is 2. The van der Waals surface area contributed by atoms with Gasteiger partial charge < -0.3 is 24.8 Å². The Labute approximate surface area is 115 Å². The molecule has 19 heavy (non-hydrogen) atoms. The summed E-state index contributed by atoms with van der Waals surface area (Å²) in [4.78, 5) is 0. The molecule has 0 aromatic carbocycles. The lowest BCUT2D eigenvalue weighted by Gasteiger charge is -2.43. The third kappa shape index (κ3) is 4.13. The quantitative estimate of drug-likeness (QED) is 0.667. The van der Waals surface area contributed by atoms with Gasteiger partial charge in [-0.2, -0.15) is 0 Å². The minimum absolute atomic E-state index is 0.0335. The molecule has 3 N–H and O–H groups in total. The van der Waals surface area contributed by atoms with E-state index in [1.807, 2.05) is 0 Å². The highest BCUT2D eigenvalue weighted by Gasteiger charge is 2.39. The van der Waals surface area contributed by atoms with Crippen LogP contribution in [0.5, 0.6) is 0 Å². The molecule has 5 heteroatoms. The Kier molecular flexibility index (Phi) is 6.69. The van der Waals surface area contributed by atoms with Crippen LogP contribution < -0.4 is 0 Å². The summed E-state index contributed by atoms with van der Waals surface area (Å²) in [5.41, 5.74) is 0. The number of rotatable bonds is 6. The molecule has 0 aromatic heterocycles. The molecule has 1 fully saturated rings. The molecule has 5 nitrogen and oxygen atoms in total. The highest BCUT2D eigenvalue weighted by Crippen LogP contribution is 2.36. The molecule has 1 heterocycles. The van der Waals surface area contributed by atoms with Crippen molar-refractivity contribution in [2.24, 2.45) is 17.8 Å². The van der Waals surface area contributed by atoms with Crippen molar-refractivity contribution in [3.63, 3.8) is 0 Å². The lowest BCUT2D eigenvalue weighted by Crippen LogP contribution is -2.47. The van der Waals surface area contributed by atoms with Crippen molar-refractivity contribution in [3.8, 4) is 0 Å². The molecule has 0 aromatic rings. The molecule has 1 rings (SSSR count). The van der Waals surface area contributed by atoms with Gasteiger partial charge in [0.15, 0.2) is 6.29 Å². The van der Waals surface area contributed by atoms with Gasteiger partial charge in [-0.15, -0.1) is 0 Å². The van der Waals surface area contributed by atoms with E-state index in [2.05, 4.69) is 27.7 Å². The largest absolute Gasteiger partial charge is 0.394 e. The van der Waals surface area contributed by atoms with Crippen molar-refractivity contribution in [3.05, 3.63) is 0 Å². The Hall–Kier alpha value is -0.200. The Morgan fingerprint density at radius 2 is 1.68 bits per heavy atom. The van der Waals surface area contributed by atoms with Crippen molar-refractivity contribution < 1.29 is 24.8 Å². The van der Waals surface area contributed by atoms with Gasteiger partial charge in [0.25, 0.3) is 0 Å². The first-order valence-electron chi connectivity index (χ1n) is 7.16. The van der Waals surface area contributed by atoms with E-state index >= 15 is 0 Å². The fourth-order valence-electron chi connectivity index (χ4n) is 2.57. The van der Waals surface area contributed by atoms with Gasteiger partial charge >= 0.3 is 0 Å². The molecule has 0 aliphatic carbocycles. The van der Waals surface area contributed by atoms with Crippen molar-refractivity contribution >= 4 is 0 Å². The summed E-state index contributed by atoms with van der Waals surface area (Å²) in [5, 5.41) is 27.6. The fraction of sp³-hybridized carbons (Fsp3) is 1.00. The van der Waals surface area contributed by atoms with E-state index in [4.69, 9.17) is 14.6 Å². The predicted molar refractivity (Wildman–Crippen MR) is 71.5 cm³/mol. The number of aliphatic hydroxyl groups is 3. The maximum Gasteiger partial charge on any atom is 0.160 e. The molecular weight excluding hydrogens is 248 g/mol. The van der Waals surface area contributed by atoms with Gasteiger partial charge in [0.1, 0.15) is 12.2 Å². The number of hydrogen-bond donors (Lipinski definition) is 3. The van der Waals surface area contributed by atoms with Gasteiger partial charge in [0.05, 0.1) is 19.3 Å². The van der Waals surface area contributed by atoms with Crippen LogP contribution in [0.4, 0.5) is 0 Å². The minimum Gasteiger partial charge on any atom is -0.394 e. The summed E-state index contributed by atoms with van der Waals surface area (Å²) < 4.78 is 11.5. The fourth-order valence-corrected chi connectivity index (χ4v) is 2.57. The van der Waals surface area contributed by atoms with Crippen LogP contribution >= 0.6 is 0 Å². The molecular formula is C14H28O5. The average molecular weight is 276 g/mol. The molecule has 0 radical (unpaired) electrons. The smallest absolute Gasteiger partial charge is 0.160 e. The van der Waals surface area contributed by atoms with Crippen LogP contribution in [0.2, 0.25) is 0 Å². The van der Waals surface area contributed by atoms with Gasteiger partial charge in [-0.3, -0.25) is 0 Å². The first-order chi connectivity index (χ1) is 8.92. The molecule has 114 valence electrons. The predicted octanol–water partition coefficient (Wildman–Crippen LogP) is 0.760. The first-order valence-corrected chi connectivity index (χ1v) is 7.16. The van der Waals surface area contributed by atoms with Crippen LogP contribution in [-0.2, 0) is 9.47 Å². The van der Waals surface area contributed by atoms with E-state index in [0.717, 1.165) is 6.42 Å². The maximum atomic E-state index is 9.59. The standard InChI is InChI=1S/C14H28O5/c1-5-13-9(3)8(2)10(4)14(19-13)18-7-12(17)11(16)6-15/h8-17H,5-7H2,1-4H3/t8-,9+,10?,11?,12?,13?,14+/m0/s1. The summed E-state index contributed by atoms with van der Waals surface area (Å²) in [6.45, 7) is 8.04. The van der Waals surface area contributed by atoms with E-state index in [9.17, 15) is 10.2 Å². The second-order valence-electron chi connectivity index (χ2n) is 5.68. The number of hydrogen-bond acceptors (Lipinski definition) is 5. The van der Waals surface area contributed by atoms with E-state index in [1.54, 1.807) is 0 Å². The Morgan fingerprint density at radius 3 is 2.21 bits per heavy atom. The van der Waals surface area contributed by atoms with Crippen LogP contribution in [-0.4, -0.2) is 53.1 Å². The lowest BCUT2D eigenvalue weighted by atomic mass is 9.78. The lowest BCUT2D eigenvalue weighted by molar-refractivity contribution is -0.257. The molecule has 1 aliphatic rings. The van der Waals surface area contributed by atoms with Gasteiger partial charge in [-0.1, -0.05) is 27.7 Å². The number of aliphatic hydroxyl groups excluding tert-OH is 3. The van der Waals surface area contributed by atoms with Crippen LogP contribution in [0, 0.1) is 17.8 Å². The molecule has 0 amide bonds. The van der Waals surface area contributed by atoms with Crippen LogP contribution in [0.15, 0.2) is 0 Å².